The highest BCUT2D eigenvalue weighted by molar-refractivity contribution is 5.96. The molecular weight excluding hydrogens is 384 g/mol. The number of nitrogens with one attached hydrogen (secondary N) is 3. The normalized spacial score (nSPS) is 11.0. The van der Waals surface area contributed by atoms with Crippen LogP contribution in [0.2, 0.25) is 0 Å². The number of aromatic nitrogens is 6. The van der Waals surface area contributed by atoms with Gasteiger partial charge in [-0.05, 0) is 32.0 Å². The summed E-state index contributed by atoms with van der Waals surface area (Å²) in [5.74, 6) is -0.690. The number of H-pyrrole nitrogens is 1. The maximum atomic E-state index is 12.5. The van der Waals surface area contributed by atoms with Gasteiger partial charge >= 0.3 is 0 Å². The van der Waals surface area contributed by atoms with Gasteiger partial charge in [0, 0.05) is 24.3 Å². The summed E-state index contributed by atoms with van der Waals surface area (Å²) < 4.78 is 1.66. The van der Waals surface area contributed by atoms with Gasteiger partial charge in [0.05, 0.1) is 24.4 Å². The van der Waals surface area contributed by atoms with Crippen LogP contribution in [0.25, 0.3) is 16.9 Å². The Balaban J connectivity index is 1.41. The van der Waals surface area contributed by atoms with Crippen molar-refractivity contribution in [1.82, 2.24) is 40.3 Å². The van der Waals surface area contributed by atoms with Gasteiger partial charge in [-0.1, -0.05) is 6.07 Å². The lowest BCUT2D eigenvalue weighted by Gasteiger charge is -2.08. The first-order chi connectivity index (χ1) is 14.5. The van der Waals surface area contributed by atoms with Crippen molar-refractivity contribution in [3.05, 3.63) is 66.1 Å². The molecule has 0 saturated heterocycles. The first-order valence-electron chi connectivity index (χ1n) is 9.39. The Kier molecular flexibility index (Phi) is 5.21. The molecule has 152 valence electrons. The van der Waals surface area contributed by atoms with Crippen molar-refractivity contribution in [3.63, 3.8) is 0 Å². The fraction of sp³-hybridized carbons (Fsp3) is 0.200. The second-order valence-electron chi connectivity index (χ2n) is 6.98. The highest BCUT2D eigenvalue weighted by atomic mass is 16.2. The number of nitrogens with zero attached hydrogens (tertiary/aromatic N) is 5. The van der Waals surface area contributed by atoms with Crippen molar-refractivity contribution in [2.24, 2.45) is 0 Å². The monoisotopic (exact) mass is 404 g/mol. The summed E-state index contributed by atoms with van der Waals surface area (Å²) in [6.45, 7) is 3.98. The van der Waals surface area contributed by atoms with Crippen LogP contribution in [0.3, 0.4) is 0 Å². The average molecular weight is 404 g/mol. The van der Waals surface area contributed by atoms with E-state index in [0.717, 1.165) is 16.8 Å². The standard InChI is InChI=1S/C20H20N8O2/c1-12(2)26-20(30)16-5-3-4-15(27-16)19(29)22-7-13-8-25-28(10-13)14-6-17-18(21-9-14)24-11-23-17/h3-6,8-12H,7H2,1-2H3,(H,22,29)(H,26,30)(H,21,23,24). The molecule has 4 heterocycles. The van der Waals surface area contributed by atoms with E-state index in [0.29, 0.717) is 5.65 Å². The molecule has 2 amide bonds. The number of rotatable bonds is 6. The maximum Gasteiger partial charge on any atom is 0.270 e. The van der Waals surface area contributed by atoms with E-state index in [9.17, 15) is 9.59 Å². The number of hydrogen-bond donors (Lipinski definition) is 3. The van der Waals surface area contributed by atoms with Gasteiger partial charge < -0.3 is 15.6 Å². The predicted octanol–water partition coefficient (Wildman–Crippen LogP) is 1.61. The number of carbonyl (C=O) groups excluding carboxylic acids is 2. The van der Waals surface area contributed by atoms with Gasteiger partial charge in [-0.3, -0.25) is 9.59 Å². The van der Waals surface area contributed by atoms with E-state index >= 15 is 0 Å². The number of carbonyl (C=O) groups is 2. The minimum Gasteiger partial charge on any atom is -0.349 e. The molecule has 4 aromatic rings. The molecule has 0 bridgehead atoms. The average Bonchev–Trinajstić information content (AvgIpc) is 3.40. The number of amides is 2. The molecule has 0 aliphatic carbocycles. The lowest BCUT2D eigenvalue weighted by atomic mass is 10.2. The minimum absolute atomic E-state index is 0.0164. The minimum atomic E-state index is -0.374. The molecule has 30 heavy (non-hydrogen) atoms. The van der Waals surface area contributed by atoms with E-state index in [-0.39, 0.29) is 35.8 Å². The highest BCUT2D eigenvalue weighted by Gasteiger charge is 2.13. The molecule has 4 aromatic heterocycles. The molecule has 0 aromatic carbocycles. The van der Waals surface area contributed by atoms with Gasteiger partial charge in [0.25, 0.3) is 11.8 Å². The van der Waals surface area contributed by atoms with Crippen molar-refractivity contribution in [2.75, 3.05) is 0 Å². The Morgan fingerprint density at radius 1 is 1.13 bits per heavy atom. The zero-order valence-electron chi connectivity index (χ0n) is 16.5. The number of fused-ring (bicyclic) bond motifs is 1. The molecule has 0 atom stereocenters. The molecule has 10 heteroatoms. The number of pyridine rings is 2. The third-order valence-electron chi connectivity index (χ3n) is 4.25. The smallest absolute Gasteiger partial charge is 0.270 e. The molecule has 10 nitrogen and oxygen atoms in total. The summed E-state index contributed by atoms with van der Waals surface area (Å²) in [6.07, 6.45) is 6.74. The fourth-order valence-electron chi connectivity index (χ4n) is 2.83. The van der Waals surface area contributed by atoms with Crippen LogP contribution >= 0.6 is 0 Å². The second-order valence-corrected chi connectivity index (χ2v) is 6.98. The molecule has 3 N–H and O–H groups in total. The summed E-state index contributed by atoms with van der Waals surface area (Å²) in [6, 6.07) is 6.62. The first kappa shape index (κ1) is 19.2. The SMILES string of the molecule is CC(C)NC(=O)c1cccc(C(=O)NCc2cnn(-c3cnc4[nH]cnc4c3)c2)n1. The Morgan fingerprint density at radius 3 is 2.73 bits per heavy atom. The van der Waals surface area contributed by atoms with Crippen LogP contribution in [-0.2, 0) is 6.54 Å². The molecule has 4 rings (SSSR count). The van der Waals surface area contributed by atoms with Crippen LogP contribution in [0.15, 0.2) is 49.2 Å². The summed E-state index contributed by atoms with van der Waals surface area (Å²) in [4.78, 5) is 40.1. The van der Waals surface area contributed by atoms with Gasteiger partial charge in [-0.2, -0.15) is 5.10 Å². The molecule has 0 saturated carbocycles. The molecule has 0 unspecified atom stereocenters. The van der Waals surface area contributed by atoms with Crippen LogP contribution in [0.5, 0.6) is 0 Å². The van der Waals surface area contributed by atoms with Crippen LogP contribution in [0.4, 0.5) is 0 Å². The molecule has 0 aliphatic heterocycles. The third kappa shape index (κ3) is 4.17. The molecule has 0 spiro atoms. The third-order valence-corrected chi connectivity index (χ3v) is 4.25. The lowest BCUT2D eigenvalue weighted by molar-refractivity contribution is 0.0936. The number of aromatic amines is 1. The van der Waals surface area contributed by atoms with Crippen LogP contribution in [0, 0.1) is 0 Å². The largest absolute Gasteiger partial charge is 0.349 e. The lowest BCUT2D eigenvalue weighted by Crippen LogP contribution is -2.31. The van der Waals surface area contributed by atoms with Crippen LogP contribution in [0.1, 0.15) is 40.4 Å². The molecule has 0 aliphatic rings. The van der Waals surface area contributed by atoms with Crippen molar-refractivity contribution in [3.8, 4) is 5.69 Å². The van der Waals surface area contributed by atoms with Crippen molar-refractivity contribution in [2.45, 2.75) is 26.4 Å². The topological polar surface area (TPSA) is 130 Å². The van der Waals surface area contributed by atoms with Gasteiger partial charge in [0.2, 0.25) is 0 Å². The Labute approximate surface area is 171 Å². The van der Waals surface area contributed by atoms with E-state index < -0.39 is 0 Å². The van der Waals surface area contributed by atoms with E-state index in [1.165, 1.54) is 0 Å². The zero-order chi connectivity index (χ0) is 21.1. The summed E-state index contributed by atoms with van der Waals surface area (Å²) in [7, 11) is 0. The molecule has 0 fully saturated rings. The molecule has 0 radical (unpaired) electrons. The van der Waals surface area contributed by atoms with E-state index in [2.05, 4.69) is 35.7 Å². The van der Waals surface area contributed by atoms with E-state index in [4.69, 9.17) is 0 Å². The maximum absolute atomic E-state index is 12.5. The summed E-state index contributed by atoms with van der Waals surface area (Å²) in [5.41, 5.74) is 3.38. The van der Waals surface area contributed by atoms with E-state index in [1.807, 2.05) is 19.9 Å². The first-order valence-corrected chi connectivity index (χ1v) is 9.39. The zero-order valence-corrected chi connectivity index (χ0v) is 16.5. The van der Waals surface area contributed by atoms with Crippen LogP contribution < -0.4 is 10.6 Å². The number of hydrogen-bond acceptors (Lipinski definition) is 6. The second kappa shape index (κ2) is 8.11. The van der Waals surface area contributed by atoms with Gasteiger partial charge in [0.15, 0.2) is 5.65 Å². The predicted molar refractivity (Wildman–Crippen MR) is 109 cm³/mol. The Hall–Kier alpha value is -4.08. The highest BCUT2D eigenvalue weighted by Crippen LogP contribution is 2.13. The van der Waals surface area contributed by atoms with E-state index in [1.54, 1.807) is 47.8 Å². The Bertz CT molecular complexity index is 1210. The van der Waals surface area contributed by atoms with Gasteiger partial charge in [-0.15, -0.1) is 0 Å². The number of imidazole rings is 1. The van der Waals surface area contributed by atoms with Crippen molar-refractivity contribution in [1.29, 1.82) is 0 Å². The van der Waals surface area contributed by atoms with Crippen molar-refractivity contribution < 1.29 is 9.59 Å². The quantitative estimate of drug-likeness (QED) is 0.447. The molecular formula is C20H20N8O2. The summed E-state index contributed by atoms with van der Waals surface area (Å²) in [5, 5.41) is 9.86. The van der Waals surface area contributed by atoms with Gasteiger partial charge in [-0.25, -0.2) is 19.6 Å². The summed E-state index contributed by atoms with van der Waals surface area (Å²) >= 11 is 0. The fourth-order valence-corrected chi connectivity index (χ4v) is 2.83. The van der Waals surface area contributed by atoms with Gasteiger partial charge in [0.1, 0.15) is 16.9 Å². The van der Waals surface area contributed by atoms with Crippen LogP contribution in [-0.4, -0.2) is 47.6 Å². The van der Waals surface area contributed by atoms with Crippen molar-refractivity contribution >= 4 is 23.0 Å². The Morgan fingerprint density at radius 2 is 1.93 bits per heavy atom.